The number of rotatable bonds is 6. The second-order valence-corrected chi connectivity index (χ2v) is 6.58. The van der Waals surface area contributed by atoms with Crippen molar-refractivity contribution in [3.63, 3.8) is 0 Å². The van der Waals surface area contributed by atoms with Crippen LogP contribution in [0.2, 0.25) is 0 Å². The summed E-state index contributed by atoms with van der Waals surface area (Å²) in [6.07, 6.45) is 1.97. The minimum absolute atomic E-state index is 0.0228. The van der Waals surface area contributed by atoms with Crippen molar-refractivity contribution in [2.24, 2.45) is 5.92 Å². The molecule has 1 aromatic rings. The van der Waals surface area contributed by atoms with Gasteiger partial charge in [0.25, 0.3) is 0 Å². The van der Waals surface area contributed by atoms with Gasteiger partial charge in [0.15, 0.2) is 0 Å². The highest BCUT2D eigenvalue weighted by Gasteiger charge is 2.27. The molecule has 0 aliphatic heterocycles. The van der Waals surface area contributed by atoms with Gasteiger partial charge in [-0.2, -0.15) is 0 Å². The van der Waals surface area contributed by atoms with Crippen LogP contribution in [0.1, 0.15) is 18.4 Å². The molecule has 1 fully saturated rings. The molecular formula is C15H23NOS. The maximum atomic E-state index is 9.26. The summed E-state index contributed by atoms with van der Waals surface area (Å²) in [6, 6.07) is 8.73. The van der Waals surface area contributed by atoms with Gasteiger partial charge in [0.2, 0.25) is 0 Å². The zero-order chi connectivity index (χ0) is 13.0. The lowest BCUT2D eigenvalue weighted by atomic mass is 9.82. The van der Waals surface area contributed by atoms with Gasteiger partial charge in [0.05, 0.1) is 6.10 Å². The molecule has 100 valence electrons. The summed E-state index contributed by atoms with van der Waals surface area (Å²) < 4.78 is 0. The largest absolute Gasteiger partial charge is 0.393 e. The predicted octanol–water partition coefficient (Wildman–Crippen LogP) is 2.79. The third-order valence-corrected chi connectivity index (χ3v) is 4.54. The van der Waals surface area contributed by atoms with Crippen LogP contribution in [0.5, 0.6) is 0 Å². The summed E-state index contributed by atoms with van der Waals surface area (Å²) in [5.41, 5.74) is 1.32. The Hall–Kier alpha value is -0.510. The van der Waals surface area contributed by atoms with Gasteiger partial charge in [0, 0.05) is 23.7 Å². The lowest BCUT2D eigenvalue weighted by molar-refractivity contribution is 0.0292. The molecule has 1 aliphatic rings. The highest BCUT2D eigenvalue weighted by molar-refractivity contribution is 7.99. The van der Waals surface area contributed by atoms with E-state index < -0.39 is 0 Å². The van der Waals surface area contributed by atoms with Crippen LogP contribution in [0.25, 0.3) is 0 Å². The standard InChI is InChI=1S/C15H23NOS/c1-12-3-5-15(6-4-12)18-8-7-16(2)11-13-9-14(17)10-13/h3-6,13-14,17H,7-11H2,1-2H3. The van der Waals surface area contributed by atoms with Crippen molar-refractivity contribution in [3.8, 4) is 0 Å². The molecule has 2 rings (SSSR count). The summed E-state index contributed by atoms with van der Waals surface area (Å²) in [6.45, 7) is 4.37. The average molecular weight is 265 g/mol. The van der Waals surface area contributed by atoms with Crippen LogP contribution in [0.15, 0.2) is 29.2 Å². The maximum Gasteiger partial charge on any atom is 0.0546 e. The smallest absolute Gasteiger partial charge is 0.0546 e. The lowest BCUT2D eigenvalue weighted by Crippen LogP contribution is -2.37. The number of hydrogen-bond acceptors (Lipinski definition) is 3. The van der Waals surface area contributed by atoms with Crippen LogP contribution < -0.4 is 0 Å². The quantitative estimate of drug-likeness (QED) is 0.800. The second-order valence-electron chi connectivity index (χ2n) is 5.42. The third-order valence-electron chi connectivity index (χ3n) is 3.54. The van der Waals surface area contributed by atoms with E-state index in [9.17, 15) is 5.11 Å². The Bertz CT molecular complexity index is 359. The van der Waals surface area contributed by atoms with Crippen molar-refractivity contribution in [1.82, 2.24) is 4.90 Å². The molecule has 3 heteroatoms. The molecule has 0 bridgehead atoms. The zero-order valence-electron chi connectivity index (χ0n) is 11.3. The van der Waals surface area contributed by atoms with Crippen molar-refractivity contribution in [1.29, 1.82) is 0 Å². The molecule has 0 aromatic heterocycles. The van der Waals surface area contributed by atoms with E-state index in [2.05, 4.69) is 43.1 Å². The second kappa shape index (κ2) is 6.60. The molecule has 1 aromatic carbocycles. The Morgan fingerprint density at radius 1 is 1.28 bits per heavy atom. The first-order valence-electron chi connectivity index (χ1n) is 6.69. The number of aliphatic hydroxyl groups excluding tert-OH is 1. The van der Waals surface area contributed by atoms with E-state index in [1.807, 2.05) is 11.8 Å². The molecule has 18 heavy (non-hydrogen) atoms. The number of nitrogens with zero attached hydrogens (tertiary/aromatic N) is 1. The van der Waals surface area contributed by atoms with Crippen LogP contribution in [0, 0.1) is 12.8 Å². The molecule has 0 amide bonds. The van der Waals surface area contributed by atoms with Crippen LogP contribution >= 0.6 is 11.8 Å². The first-order chi connectivity index (χ1) is 8.63. The van der Waals surface area contributed by atoms with Crippen molar-refractivity contribution >= 4 is 11.8 Å². The van der Waals surface area contributed by atoms with E-state index in [-0.39, 0.29) is 6.10 Å². The van der Waals surface area contributed by atoms with Gasteiger partial charge in [-0.3, -0.25) is 0 Å². The van der Waals surface area contributed by atoms with Gasteiger partial charge in [0.1, 0.15) is 0 Å². The summed E-state index contributed by atoms with van der Waals surface area (Å²) in [5, 5.41) is 9.26. The first kappa shape index (κ1) is 13.9. The molecule has 0 radical (unpaired) electrons. The van der Waals surface area contributed by atoms with Crippen LogP contribution in [-0.4, -0.2) is 42.0 Å². The molecule has 1 saturated carbocycles. The molecule has 0 heterocycles. The minimum atomic E-state index is -0.0228. The first-order valence-corrected chi connectivity index (χ1v) is 7.68. The highest BCUT2D eigenvalue weighted by Crippen LogP contribution is 2.27. The number of hydrogen-bond donors (Lipinski definition) is 1. The Morgan fingerprint density at radius 2 is 1.94 bits per heavy atom. The van der Waals surface area contributed by atoms with Gasteiger partial charge in [-0.05, 0) is 44.9 Å². The molecule has 1 N–H and O–H groups in total. The van der Waals surface area contributed by atoms with Crippen molar-refractivity contribution in [2.75, 3.05) is 25.9 Å². The minimum Gasteiger partial charge on any atom is -0.393 e. The molecule has 0 saturated heterocycles. The average Bonchev–Trinajstić information content (AvgIpc) is 2.30. The molecule has 2 nitrogen and oxygen atoms in total. The van der Waals surface area contributed by atoms with Gasteiger partial charge < -0.3 is 10.0 Å². The molecular weight excluding hydrogens is 242 g/mol. The van der Waals surface area contributed by atoms with E-state index in [0.29, 0.717) is 0 Å². The maximum absolute atomic E-state index is 9.26. The fourth-order valence-electron chi connectivity index (χ4n) is 2.34. The Balaban J connectivity index is 1.61. The van der Waals surface area contributed by atoms with E-state index in [1.54, 1.807) is 0 Å². The van der Waals surface area contributed by atoms with Crippen LogP contribution in [0.4, 0.5) is 0 Å². The lowest BCUT2D eigenvalue weighted by Gasteiger charge is -2.34. The topological polar surface area (TPSA) is 23.5 Å². The number of thioether (sulfide) groups is 1. The van der Waals surface area contributed by atoms with Gasteiger partial charge in [-0.15, -0.1) is 11.8 Å². The van der Waals surface area contributed by atoms with Gasteiger partial charge >= 0.3 is 0 Å². The summed E-state index contributed by atoms with van der Waals surface area (Å²) in [7, 11) is 2.18. The monoisotopic (exact) mass is 265 g/mol. The van der Waals surface area contributed by atoms with Gasteiger partial charge in [-0.25, -0.2) is 0 Å². The van der Waals surface area contributed by atoms with Crippen LogP contribution in [0.3, 0.4) is 0 Å². The van der Waals surface area contributed by atoms with Crippen molar-refractivity contribution in [2.45, 2.75) is 30.8 Å². The zero-order valence-corrected chi connectivity index (χ0v) is 12.1. The molecule has 1 aliphatic carbocycles. The fourth-order valence-corrected chi connectivity index (χ4v) is 3.30. The number of aryl methyl sites for hydroxylation is 1. The van der Waals surface area contributed by atoms with Gasteiger partial charge in [-0.1, -0.05) is 17.7 Å². The summed E-state index contributed by atoms with van der Waals surface area (Å²) in [4.78, 5) is 3.74. The molecule has 0 unspecified atom stereocenters. The van der Waals surface area contributed by atoms with Crippen molar-refractivity contribution in [3.05, 3.63) is 29.8 Å². The van der Waals surface area contributed by atoms with E-state index in [4.69, 9.17) is 0 Å². The van der Waals surface area contributed by atoms with Crippen LogP contribution in [-0.2, 0) is 0 Å². The van der Waals surface area contributed by atoms with E-state index in [1.165, 1.54) is 10.5 Å². The Labute approximate surface area is 114 Å². The molecule has 0 atom stereocenters. The molecule has 0 spiro atoms. The fraction of sp³-hybridized carbons (Fsp3) is 0.600. The summed E-state index contributed by atoms with van der Waals surface area (Å²) in [5.74, 6) is 1.85. The van der Waals surface area contributed by atoms with Crippen molar-refractivity contribution < 1.29 is 5.11 Å². The SMILES string of the molecule is Cc1ccc(SCCN(C)CC2CC(O)C2)cc1. The third kappa shape index (κ3) is 4.30. The summed E-state index contributed by atoms with van der Waals surface area (Å²) >= 11 is 1.92. The normalized spacial score (nSPS) is 23.1. The predicted molar refractivity (Wildman–Crippen MR) is 78.1 cm³/mol. The number of aliphatic hydroxyl groups is 1. The Kier molecular flexibility index (Phi) is 5.10. The highest BCUT2D eigenvalue weighted by atomic mass is 32.2. The number of benzene rings is 1. The Morgan fingerprint density at radius 3 is 2.56 bits per heavy atom. The van der Waals surface area contributed by atoms with E-state index in [0.717, 1.165) is 37.6 Å². The van der Waals surface area contributed by atoms with E-state index >= 15 is 0 Å².